The minimum absolute atomic E-state index is 1.03. The number of piperazine rings is 1. The first-order chi connectivity index (χ1) is 11.7. The molecular formula is C20H24N4+2. The van der Waals surface area contributed by atoms with Crippen LogP contribution in [0.4, 0.5) is 11.6 Å². The number of anilines is 2. The second-order valence-corrected chi connectivity index (χ2v) is 6.61. The molecule has 0 spiro atoms. The van der Waals surface area contributed by atoms with Gasteiger partial charge in [-0.05, 0) is 37.6 Å². The number of aromatic amines is 2. The summed E-state index contributed by atoms with van der Waals surface area (Å²) >= 11 is 0. The Balaban J connectivity index is 1.57. The molecule has 122 valence electrons. The first kappa shape index (κ1) is 14.9. The minimum atomic E-state index is 1.03. The molecule has 0 bridgehead atoms. The van der Waals surface area contributed by atoms with Crippen LogP contribution in [-0.2, 0) is 0 Å². The Kier molecular flexibility index (Phi) is 3.81. The van der Waals surface area contributed by atoms with E-state index in [9.17, 15) is 0 Å². The highest BCUT2D eigenvalue weighted by atomic mass is 15.3. The molecule has 4 heteroatoms. The summed E-state index contributed by atoms with van der Waals surface area (Å²) in [6, 6.07) is 15.1. The molecule has 0 radical (unpaired) electrons. The van der Waals surface area contributed by atoms with Gasteiger partial charge >= 0.3 is 0 Å². The summed E-state index contributed by atoms with van der Waals surface area (Å²) in [5, 5.41) is 1.28. The molecule has 24 heavy (non-hydrogen) atoms. The number of H-pyrrole nitrogens is 2. The predicted octanol–water partition coefficient (Wildman–Crippen LogP) is 2.41. The standard InChI is InChI=1S/C20H22N4/c1-15-6-7-17-14-16(2)20(22-18(17)13-15)24-11-9-23(10-12-24)19-5-3-4-8-21-19/h3-8,13-14H,9-12H2,1-2H3/p+2. The number of hydrogen-bond acceptors (Lipinski definition) is 2. The Hall–Kier alpha value is -2.62. The smallest absolute Gasteiger partial charge is 0.254 e. The summed E-state index contributed by atoms with van der Waals surface area (Å²) in [6.45, 7) is 8.44. The number of hydrogen-bond donors (Lipinski definition) is 0. The maximum Gasteiger partial charge on any atom is 0.278 e. The van der Waals surface area contributed by atoms with Crippen molar-refractivity contribution in [2.45, 2.75) is 13.8 Å². The van der Waals surface area contributed by atoms with Gasteiger partial charge in [-0.25, -0.2) is 9.97 Å². The van der Waals surface area contributed by atoms with Gasteiger partial charge in [-0.2, -0.15) is 0 Å². The van der Waals surface area contributed by atoms with Gasteiger partial charge in [0.2, 0.25) is 0 Å². The van der Waals surface area contributed by atoms with Crippen LogP contribution in [0.5, 0.6) is 0 Å². The van der Waals surface area contributed by atoms with Gasteiger partial charge in [-0.15, -0.1) is 0 Å². The van der Waals surface area contributed by atoms with Crippen LogP contribution in [-0.4, -0.2) is 26.2 Å². The van der Waals surface area contributed by atoms with E-state index in [2.05, 4.69) is 70.0 Å². The first-order valence-corrected chi connectivity index (χ1v) is 8.60. The largest absolute Gasteiger partial charge is 0.278 e. The molecule has 0 atom stereocenters. The zero-order chi connectivity index (χ0) is 16.5. The quantitative estimate of drug-likeness (QED) is 0.727. The number of rotatable bonds is 2. The van der Waals surface area contributed by atoms with Crippen molar-refractivity contribution in [1.29, 1.82) is 0 Å². The van der Waals surface area contributed by atoms with Crippen molar-refractivity contribution in [3.63, 3.8) is 0 Å². The van der Waals surface area contributed by atoms with Crippen molar-refractivity contribution < 1.29 is 9.97 Å². The van der Waals surface area contributed by atoms with E-state index in [1.54, 1.807) is 0 Å². The van der Waals surface area contributed by atoms with Crippen LogP contribution in [0.15, 0.2) is 48.7 Å². The lowest BCUT2D eigenvalue weighted by atomic mass is 10.1. The van der Waals surface area contributed by atoms with Crippen molar-refractivity contribution in [2.75, 3.05) is 36.0 Å². The number of fused-ring (bicyclic) bond motifs is 1. The minimum Gasteiger partial charge on any atom is -0.254 e. The van der Waals surface area contributed by atoms with Gasteiger partial charge in [0.1, 0.15) is 31.7 Å². The SMILES string of the molecule is Cc1ccc2cc(C)c(N3CCN(c4cccc[nH+]4)CC3)[nH+]c2c1. The van der Waals surface area contributed by atoms with E-state index in [1.165, 1.54) is 33.7 Å². The number of nitrogens with zero attached hydrogens (tertiary/aromatic N) is 2. The number of aromatic nitrogens is 2. The highest BCUT2D eigenvalue weighted by molar-refractivity contribution is 5.78. The molecule has 3 heterocycles. The lowest BCUT2D eigenvalue weighted by molar-refractivity contribution is -0.364. The second kappa shape index (κ2) is 6.11. The molecule has 4 rings (SSSR count). The number of nitrogens with one attached hydrogen (secondary N) is 2. The van der Waals surface area contributed by atoms with Gasteiger partial charge in [-0.1, -0.05) is 18.2 Å². The summed E-state index contributed by atoms with van der Waals surface area (Å²) in [6.07, 6.45) is 1.99. The van der Waals surface area contributed by atoms with Crippen molar-refractivity contribution in [3.8, 4) is 0 Å². The molecule has 1 aliphatic heterocycles. The Labute approximate surface area is 142 Å². The van der Waals surface area contributed by atoms with Gasteiger partial charge in [0.15, 0.2) is 0 Å². The fourth-order valence-electron chi connectivity index (χ4n) is 3.51. The monoisotopic (exact) mass is 320 g/mol. The molecular weight excluding hydrogens is 296 g/mol. The van der Waals surface area contributed by atoms with Crippen LogP contribution in [0, 0.1) is 13.8 Å². The Morgan fingerprint density at radius 3 is 2.42 bits per heavy atom. The van der Waals surface area contributed by atoms with Gasteiger partial charge in [-0.3, -0.25) is 9.80 Å². The van der Waals surface area contributed by atoms with Crippen LogP contribution >= 0.6 is 0 Å². The predicted molar refractivity (Wildman–Crippen MR) is 97.4 cm³/mol. The van der Waals surface area contributed by atoms with Crippen LogP contribution < -0.4 is 19.8 Å². The average Bonchev–Trinajstić information content (AvgIpc) is 2.62. The fourth-order valence-corrected chi connectivity index (χ4v) is 3.51. The normalized spacial score (nSPS) is 15.1. The molecule has 2 N–H and O–H groups in total. The molecule has 2 aromatic heterocycles. The third-order valence-corrected chi connectivity index (χ3v) is 4.84. The highest BCUT2D eigenvalue weighted by Gasteiger charge is 2.29. The molecule has 4 nitrogen and oxygen atoms in total. The molecule has 1 aromatic carbocycles. The van der Waals surface area contributed by atoms with E-state index in [0.717, 1.165) is 26.2 Å². The van der Waals surface area contributed by atoms with E-state index in [0.29, 0.717) is 0 Å². The summed E-state index contributed by atoms with van der Waals surface area (Å²) < 4.78 is 0. The molecule has 1 aliphatic rings. The third kappa shape index (κ3) is 2.80. The summed E-state index contributed by atoms with van der Waals surface area (Å²) in [4.78, 5) is 11.9. The highest BCUT2D eigenvalue weighted by Crippen LogP contribution is 2.22. The zero-order valence-electron chi connectivity index (χ0n) is 14.3. The summed E-state index contributed by atoms with van der Waals surface area (Å²) in [5.74, 6) is 2.46. The molecule has 0 unspecified atom stereocenters. The topological polar surface area (TPSA) is 34.8 Å². The number of benzene rings is 1. The van der Waals surface area contributed by atoms with Crippen LogP contribution in [0.1, 0.15) is 11.1 Å². The number of pyridine rings is 2. The van der Waals surface area contributed by atoms with E-state index in [1.807, 2.05) is 12.3 Å². The second-order valence-electron chi connectivity index (χ2n) is 6.61. The Morgan fingerprint density at radius 1 is 0.875 bits per heavy atom. The fraction of sp³-hybridized carbons (Fsp3) is 0.300. The van der Waals surface area contributed by atoms with Crippen LogP contribution in [0.3, 0.4) is 0 Å². The lowest BCUT2D eigenvalue weighted by Crippen LogP contribution is -2.49. The van der Waals surface area contributed by atoms with Crippen molar-refractivity contribution >= 4 is 22.5 Å². The van der Waals surface area contributed by atoms with Gasteiger partial charge in [0.25, 0.3) is 11.6 Å². The molecule has 0 amide bonds. The van der Waals surface area contributed by atoms with Gasteiger partial charge in [0, 0.05) is 17.0 Å². The Morgan fingerprint density at radius 2 is 1.67 bits per heavy atom. The van der Waals surface area contributed by atoms with Crippen LogP contribution in [0.2, 0.25) is 0 Å². The third-order valence-electron chi connectivity index (χ3n) is 4.84. The van der Waals surface area contributed by atoms with Gasteiger partial charge in [0.05, 0.1) is 6.20 Å². The maximum absolute atomic E-state index is 3.66. The van der Waals surface area contributed by atoms with Crippen molar-refractivity contribution in [1.82, 2.24) is 0 Å². The first-order valence-electron chi connectivity index (χ1n) is 8.60. The van der Waals surface area contributed by atoms with Crippen LogP contribution in [0.25, 0.3) is 10.9 Å². The molecule has 1 fully saturated rings. The molecule has 3 aromatic rings. The summed E-state index contributed by atoms with van der Waals surface area (Å²) in [5.41, 5.74) is 3.82. The van der Waals surface area contributed by atoms with E-state index in [4.69, 9.17) is 0 Å². The van der Waals surface area contributed by atoms with E-state index < -0.39 is 0 Å². The summed E-state index contributed by atoms with van der Waals surface area (Å²) in [7, 11) is 0. The maximum atomic E-state index is 3.66. The van der Waals surface area contributed by atoms with E-state index in [-0.39, 0.29) is 0 Å². The van der Waals surface area contributed by atoms with Crippen molar-refractivity contribution in [3.05, 3.63) is 59.8 Å². The van der Waals surface area contributed by atoms with Gasteiger partial charge < -0.3 is 0 Å². The molecule has 0 saturated carbocycles. The van der Waals surface area contributed by atoms with Crippen molar-refractivity contribution in [2.24, 2.45) is 0 Å². The van der Waals surface area contributed by atoms with E-state index >= 15 is 0 Å². The zero-order valence-corrected chi connectivity index (χ0v) is 14.3. The Bertz CT molecular complexity index is 852. The lowest BCUT2D eigenvalue weighted by Gasteiger charge is -2.27. The average molecular weight is 320 g/mol. The molecule has 1 saturated heterocycles. The molecule has 0 aliphatic carbocycles. The number of aryl methyl sites for hydroxylation is 2.